The molecule has 164 valence electrons. The number of hydrogen-bond acceptors (Lipinski definition) is 2. The Morgan fingerprint density at radius 2 is 1.72 bits per heavy atom. The third-order valence-electron chi connectivity index (χ3n) is 4.74. The van der Waals surface area contributed by atoms with E-state index in [0.717, 1.165) is 5.56 Å². The van der Waals surface area contributed by atoms with Gasteiger partial charge in [0.05, 0.1) is 12.5 Å². The molecule has 10 heteroatoms. The molecule has 0 atom stereocenters. The maximum Gasteiger partial charge on any atom is 0.411 e. The summed E-state index contributed by atoms with van der Waals surface area (Å²) in [5.41, 5.74) is 1.43. The fourth-order valence-corrected chi connectivity index (χ4v) is 3.25. The first-order chi connectivity index (χ1) is 13.6. The fraction of sp³-hybridized carbons (Fsp3) is 0.632. The van der Waals surface area contributed by atoms with Gasteiger partial charge in [-0.3, -0.25) is 4.99 Å². The van der Waals surface area contributed by atoms with E-state index in [1.54, 1.807) is 25.2 Å². The third-order valence-corrected chi connectivity index (χ3v) is 4.74. The van der Waals surface area contributed by atoms with E-state index in [1.807, 2.05) is 6.07 Å². The van der Waals surface area contributed by atoms with Gasteiger partial charge >= 0.3 is 12.4 Å². The van der Waals surface area contributed by atoms with Crippen molar-refractivity contribution in [3.05, 3.63) is 35.4 Å². The van der Waals surface area contributed by atoms with Gasteiger partial charge in [-0.1, -0.05) is 24.3 Å². The van der Waals surface area contributed by atoms with Gasteiger partial charge in [0.25, 0.3) is 0 Å². The summed E-state index contributed by atoms with van der Waals surface area (Å²) in [6.45, 7) is -1.09. The quantitative estimate of drug-likeness (QED) is 0.399. The lowest BCUT2D eigenvalue weighted by molar-refractivity contribution is -0.182. The number of ether oxygens (including phenoxy) is 1. The van der Waals surface area contributed by atoms with E-state index in [0.29, 0.717) is 30.9 Å². The zero-order valence-electron chi connectivity index (χ0n) is 16.0. The van der Waals surface area contributed by atoms with Crippen LogP contribution in [0.4, 0.5) is 26.3 Å². The Morgan fingerprint density at radius 1 is 1.07 bits per heavy atom. The second-order valence-electron chi connectivity index (χ2n) is 7.09. The molecule has 1 aliphatic carbocycles. The van der Waals surface area contributed by atoms with E-state index in [1.165, 1.54) is 0 Å². The summed E-state index contributed by atoms with van der Waals surface area (Å²) in [6.07, 6.45) is -7.49. The van der Waals surface area contributed by atoms with Crippen LogP contribution in [0, 0.1) is 5.92 Å². The summed E-state index contributed by atoms with van der Waals surface area (Å²) in [5.74, 6) is -0.767. The average molecular weight is 425 g/mol. The van der Waals surface area contributed by atoms with E-state index in [4.69, 9.17) is 0 Å². The predicted octanol–water partition coefficient (Wildman–Crippen LogP) is 4.55. The van der Waals surface area contributed by atoms with Crippen LogP contribution in [0.3, 0.4) is 0 Å². The summed E-state index contributed by atoms with van der Waals surface area (Å²) in [4.78, 5) is 4.09. The first-order valence-electron chi connectivity index (χ1n) is 9.33. The summed E-state index contributed by atoms with van der Waals surface area (Å²) in [5, 5.41) is 6.21. The number of nitrogens with zero attached hydrogens (tertiary/aromatic N) is 1. The summed E-state index contributed by atoms with van der Waals surface area (Å²) < 4.78 is 79.4. The molecule has 0 unspecified atom stereocenters. The lowest BCUT2D eigenvalue weighted by Gasteiger charge is -2.31. The number of rotatable bonds is 6. The molecular weight excluding hydrogens is 400 g/mol. The van der Waals surface area contributed by atoms with Gasteiger partial charge in [-0.25, -0.2) is 0 Å². The molecule has 1 aliphatic rings. The topological polar surface area (TPSA) is 45.7 Å². The molecule has 0 heterocycles. The van der Waals surface area contributed by atoms with Crippen molar-refractivity contribution in [1.29, 1.82) is 0 Å². The van der Waals surface area contributed by atoms with Crippen molar-refractivity contribution in [2.45, 2.75) is 57.2 Å². The number of halogens is 6. The highest BCUT2D eigenvalue weighted by Crippen LogP contribution is 2.37. The van der Waals surface area contributed by atoms with Gasteiger partial charge in [-0.05, 0) is 36.8 Å². The second kappa shape index (κ2) is 10.2. The van der Waals surface area contributed by atoms with Crippen molar-refractivity contribution in [3.63, 3.8) is 0 Å². The SMILES string of the molecule is CN=C(NCc1cccc(COCC(F)(F)F)c1)NC1CCC(C(F)(F)F)CC1. The summed E-state index contributed by atoms with van der Waals surface area (Å²) >= 11 is 0. The van der Waals surface area contributed by atoms with Gasteiger partial charge < -0.3 is 15.4 Å². The van der Waals surface area contributed by atoms with Crippen molar-refractivity contribution in [1.82, 2.24) is 10.6 Å². The minimum atomic E-state index is -4.36. The van der Waals surface area contributed by atoms with Crippen molar-refractivity contribution in [2.24, 2.45) is 10.9 Å². The third kappa shape index (κ3) is 8.51. The molecule has 2 N–H and O–H groups in total. The average Bonchev–Trinajstić information content (AvgIpc) is 2.64. The molecule has 0 spiro atoms. The maximum absolute atomic E-state index is 12.8. The van der Waals surface area contributed by atoms with Crippen LogP contribution in [0.1, 0.15) is 36.8 Å². The first kappa shape index (κ1) is 23.3. The molecule has 1 fully saturated rings. The monoisotopic (exact) mass is 425 g/mol. The standard InChI is InChI=1S/C19H25F6N3O/c1-26-17(28-16-7-5-15(6-8-16)19(23,24)25)27-10-13-3-2-4-14(9-13)11-29-12-18(20,21)22/h2-4,9,15-16H,5-8,10-12H2,1H3,(H2,26,27,28). The number of hydrogen-bond donors (Lipinski definition) is 2. The molecule has 0 bridgehead atoms. The maximum atomic E-state index is 12.8. The van der Waals surface area contributed by atoms with Crippen molar-refractivity contribution >= 4 is 5.96 Å². The van der Waals surface area contributed by atoms with E-state index in [2.05, 4.69) is 20.4 Å². The van der Waals surface area contributed by atoms with Crippen molar-refractivity contribution in [3.8, 4) is 0 Å². The molecule has 0 aromatic heterocycles. The van der Waals surface area contributed by atoms with Gasteiger partial charge in [0.1, 0.15) is 6.61 Å². The van der Waals surface area contributed by atoms with Crippen LogP contribution in [0.2, 0.25) is 0 Å². The van der Waals surface area contributed by atoms with Crippen LogP contribution in [0.15, 0.2) is 29.3 Å². The van der Waals surface area contributed by atoms with Crippen LogP contribution in [0.5, 0.6) is 0 Å². The van der Waals surface area contributed by atoms with Gasteiger partial charge in [0.2, 0.25) is 0 Å². The Balaban J connectivity index is 1.79. The zero-order valence-corrected chi connectivity index (χ0v) is 16.0. The number of aliphatic imine (C=N–C) groups is 1. The Bertz CT molecular complexity index is 667. The smallest absolute Gasteiger partial charge is 0.367 e. The van der Waals surface area contributed by atoms with Gasteiger partial charge in [-0.2, -0.15) is 26.3 Å². The van der Waals surface area contributed by atoms with Crippen LogP contribution in [-0.2, 0) is 17.9 Å². The zero-order chi connectivity index (χ0) is 21.5. The van der Waals surface area contributed by atoms with Crippen LogP contribution in [-0.4, -0.2) is 38.0 Å². The van der Waals surface area contributed by atoms with Gasteiger partial charge in [-0.15, -0.1) is 0 Å². The summed E-state index contributed by atoms with van der Waals surface area (Å²) in [6, 6.07) is 6.85. The highest BCUT2D eigenvalue weighted by atomic mass is 19.4. The van der Waals surface area contributed by atoms with Gasteiger partial charge in [0.15, 0.2) is 5.96 Å². The van der Waals surface area contributed by atoms with Crippen molar-refractivity contribution in [2.75, 3.05) is 13.7 Å². The molecule has 0 saturated heterocycles. The molecule has 1 aromatic carbocycles. The molecule has 0 aliphatic heterocycles. The molecule has 0 radical (unpaired) electrons. The fourth-order valence-electron chi connectivity index (χ4n) is 3.25. The molecular formula is C19H25F6N3O. The van der Waals surface area contributed by atoms with Crippen LogP contribution in [0.25, 0.3) is 0 Å². The molecule has 2 rings (SSSR count). The Hall–Kier alpha value is -1.97. The minimum Gasteiger partial charge on any atom is -0.367 e. The highest BCUT2D eigenvalue weighted by molar-refractivity contribution is 5.79. The molecule has 0 amide bonds. The number of nitrogens with one attached hydrogen (secondary N) is 2. The van der Waals surface area contributed by atoms with Crippen molar-refractivity contribution < 1.29 is 31.1 Å². The number of guanidine groups is 1. The molecule has 29 heavy (non-hydrogen) atoms. The lowest BCUT2D eigenvalue weighted by atomic mass is 9.85. The summed E-state index contributed by atoms with van der Waals surface area (Å²) in [7, 11) is 1.57. The van der Waals surface area contributed by atoms with E-state index in [9.17, 15) is 26.3 Å². The Labute approximate surface area is 165 Å². The largest absolute Gasteiger partial charge is 0.411 e. The normalized spacial score (nSPS) is 21.1. The van der Waals surface area contributed by atoms with Gasteiger partial charge in [0, 0.05) is 19.6 Å². The highest BCUT2D eigenvalue weighted by Gasteiger charge is 2.41. The minimum absolute atomic E-state index is 0.0816. The van der Waals surface area contributed by atoms with Crippen LogP contribution >= 0.6 is 0 Å². The lowest BCUT2D eigenvalue weighted by Crippen LogP contribution is -2.45. The molecule has 1 saturated carbocycles. The second-order valence-corrected chi connectivity index (χ2v) is 7.09. The molecule has 4 nitrogen and oxygen atoms in total. The predicted molar refractivity (Wildman–Crippen MR) is 97.3 cm³/mol. The Kier molecular flexibility index (Phi) is 8.18. The number of benzene rings is 1. The Morgan fingerprint density at radius 3 is 2.31 bits per heavy atom. The van der Waals surface area contributed by atoms with E-state index >= 15 is 0 Å². The van der Waals surface area contributed by atoms with E-state index < -0.39 is 24.9 Å². The molecule has 1 aromatic rings. The van der Waals surface area contributed by atoms with Crippen LogP contribution < -0.4 is 10.6 Å². The number of alkyl halides is 6. The van der Waals surface area contributed by atoms with E-state index in [-0.39, 0.29) is 25.5 Å². The first-order valence-corrected chi connectivity index (χ1v) is 9.33.